The minimum Gasteiger partial charge on any atom is -0.480 e. The van der Waals surface area contributed by atoms with Gasteiger partial charge >= 0.3 is 5.97 Å². The quantitative estimate of drug-likeness (QED) is 0.0551. The van der Waals surface area contributed by atoms with Crippen LogP contribution in [0.5, 0.6) is 0 Å². The van der Waals surface area contributed by atoms with E-state index in [9.17, 15) is 48.3 Å². The third-order valence-corrected chi connectivity index (χ3v) is 9.83. The summed E-state index contributed by atoms with van der Waals surface area (Å²) in [7, 11) is 0. The predicted octanol–water partition coefficient (Wildman–Crippen LogP) is 0.198. The standard InChI is InChI=1S/C46H58N8O10/c1-27(2)39(41(47)58)53-45(62)40(28(3)4)54-44(61)34(24-31-17-11-7-12-18-31)52-43(60)33(23-30-15-9-6-10-16-30)50-37(56)22-21-36(55)49-29(5)42(59)48-26-38(57)51-35(46(63)64)25-32-19-13-8-14-20-32/h6-22,27-29,33-35,39-40H,23-26H2,1-5H3,(H2,47,58)(H,48,59)(H,49,55)(H,50,56)(H,51,57)(H,52,60)(H,53,62)(H,54,61)(H,63,64)/b22-21+/t29-,33-,34-,35-,39-,40-/m0/s1. The Kier molecular flexibility index (Phi) is 20.3. The van der Waals surface area contributed by atoms with Gasteiger partial charge in [-0.05, 0) is 35.4 Å². The maximum atomic E-state index is 14.0. The summed E-state index contributed by atoms with van der Waals surface area (Å²) in [6, 6.07) is 19.1. The molecule has 3 aromatic carbocycles. The maximum absolute atomic E-state index is 14.0. The highest BCUT2D eigenvalue weighted by molar-refractivity contribution is 6.01. The summed E-state index contributed by atoms with van der Waals surface area (Å²) >= 11 is 0. The number of carboxylic acids is 1. The fourth-order valence-electron chi connectivity index (χ4n) is 6.30. The third-order valence-electron chi connectivity index (χ3n) is 9.83. The number of nitrogens with two attached hydrogens (primary N) is 1. The highest BCUT2D eigenvalue weighted by Gasteiger charge is 2.33. The molecule has 3 aromatic rings. The summed E-state index contributed by atoms with van der Waals surface area (Å²) in [5, 5.41) is 27.2. The van der Waals surface area contributed by atoms with Crippen LogP contribution in [-0.4, -0.2) is 101 Å². The topological polar surface area (TPSA) is 284 Å². The van der Waals surface area contributed by atoms with Gasteiger partial charge in [0.25, 0.3) is 0 Å². The van der Waals surface area contributed by atoms with Crippen LogP contribution in [0.15, 0.2) is 103 Å². The van der Waals surface area contributed by atoms with E-state index in [1.807, 2.05) is 0 Å². The maximum Gasteiger partial charge on any atom is 0.326 e. The first kappa shape index (κ1) is 51.0. The first-order chi connectivity index (χ1) is 30.3. The molecule has 342 valence electrons. The number of hydrogen-bond acceptors (Lipinski definition) is 9. The van der Waals surface area contributed by atoms with Crippen molar-refractivity contribution < 1.29 is 48.3 Å². The molecule has 0 aliphatic rings. The summed E-state index contributed by atoms with van der Waals surface area (Å²) in [5.74, 6) is -8.13. The van der Waals surface area contributed by atoms with Crippen LogP contribution in [0.1, 0.15) is 51.3 Å². The fraction of sp³-hybridized carbons (Fsp3) is 0.370. The molecule has 0 aliphatic heterocycles. The van der Waals surface area contributed by atoms with E-state index in [1.54, 1.807) is 119 Å². The van der Waals surface area contributed by atoms with Gasteiger partial charge in [0.2, 0.25) is 47.3 Å². The Morgan fingerprint density at radius 3 is 1.34 bits per heavy atom. The Labute approximate surface area is 372 Å². The van der Waals surface area contributed by atoms with Crippen molar-refractivity contribution in [2.45, 2.75) is 90.1 Å². The van der Waals surface area contributed by atoms with Crippen LogP contribution in [0.25, 0.3) is 0 Å². The van der Waals surface area contributed by atoms with Gasteiger partial charge in [-0.2, -0.15) is 0 Å². The zero-order valence-corrected chi connectivity index (χ0v) is 36.5. The molecule has 0 saturated heterocycles. The molecule has 0 heterocycles. The number of carbonyl (C=O) groups is 9. The Balaban J connectivity index is 1.69. The predicted molar refractivity (Wildman–Crippen MR) is 236 cm³/mol. The minimum atomic E-state index is -1.27. The van der Waals surface area contributed by atoms with Crippen molar-refractivity contribution in [1.29, 1.82) is 0 Å². The van der Waals surface area contributed by atoms with Crippen LogP contribution in [0, 0.1) is 11.8 Å². The van der Waals surface area contributed by atoms with Gasteiger partial charge < -0.3 is 48.1 Å². The van der Waals surface area contributed by atoms with Gasteiger partial charge in [-0.3, -0.25) is 38.4 Å². The average molecular weight is 883 g/mol. The Morgan fingerprint density at radius 2 is 0.906 bits per heavy atom. The van der Waals surface area contributed by atoms with Gasteiger partial charge in [0, 0.05) is 31.4 Å². The van der Waals surface area contributed by atoms with Crippen molar-refractivity contribution in [3.8, 4) is 0 Å². The summed E-state index contributed by atoms with van der Waals surface area (Å²) < 4.78 is 0. The van der Waals surface area contributed by atoms with Gasteiger partial charge in [0.05, 0.1) is 6.54 Å². The number of carboxylic acid groups (broad SMARTS) is 1. The Bertz CT molecular complexity index is 2120. The monoisotopic (exact) mass is 882 g/mol. The molecule has 10 N–H and O–H groups in total. The molecule has 0 aromatic heterocycles. The summed E-state index contributed by atoms with van der Waals surface area (Å²) in [6.07, 6.45) is 1.69. The molecule has 18 heteroatoms. The van der Waals surface area contributed by atoms with Gasteiger partial charge in [-0.25, -0.2) is 4.79 Å². The second-order valence-corrected chi connectivity index (χ2v) is 15.8. The SMILES string of the molecule is CC(C)[C@H](NC(=O)[C@@H](NC(=O)[C@H](Cc1ccccc1)NC(=O)[C@H](Cc1ccccc1)NC(=O)/C=C/C(=O)N[C@@H](C)C(=O)NCC(=O)N[C@@H](Cc1ccccc1)C(=O)O)C(C)C)C(N)=O. The molecule has 0 unspecified atom stereocenters. The third kappa shape index (κ3) is 17.5. The number of benzene rings is 3. The molecule has 0 aliphatic carbocycles. The van der Waals surface area contributed by atoms with Gasteiger partial charge in [-0.15, -0.1) is 0 Å². The van der Waals surface area contributed by atoms with Gasteiger partial charge in [-0.1, -0.05) is 119 Å². The Hall–Kier alpha value is -7.37. The molecule has 3 rings (SSSR count). The molecule has 0 spiro atoms. The zero-order chi connectivity index (χ0) is 47.3. The molecular formula is C46H58N8O10. The molecule has 0 bridgehead atoms. The van der Waals surface area contributed by atoms with E-state index >= 15 is 0 Å². The number of amides is 8. The van der Waals surface area contributed by atoms with E-state index < -0.39 is 102 Å². The number of nitrogens with one attached hydrogen (secondary N) is 7. The number of carbonyl (C=O) groups excluding carboxylic acids is 8. The summed E-state index contributed by atoms with van der Waals surface area (Å²) in [4.78, 5) is 116. The lowest BCUT2D eigenvalue weighted by atomic mass is 9.98. The van der Waals surface area contributed by atoms with Crippen LogP contribution < -0.4 is 43.0 Å². The molecular weight excluding hydrogens is 825 g/mol. The van der Waals surface area contributed by atoms with E-state index in [0.717, 1.165) is 12.2 Å². The number of aliphatic carboxylic acids is 1. The van der Waals surface area contributed by atoms with E-state index in [0.29, 0.717) is 16.7 Å². The van der Waals surface area contributed by atoms with E-state index in [2.05, 4.69) is 37.2 Å². The van der Waals surface area contributed by atoms with Crippen LogP contribution in [0.4, 0.5) is 0 Å². The van der Waals surface area contributed by atoms with Crippen LogP contribution in [-0.2, 0) is 62.4 Å². The first-order valence-electron chi connectivity index (χ1n) is 20.8. The normalized spacial score (nSPS) is 13.9. The number of rotatable bonds is 24. The van der Waals surface area contributed by atoms with Crippen molar-refractivity contribution in [2.75, 3.05) is 6.54 Å². The van der Waals surface area contributed by atoms with E-state index in [1.165, 1.54) is 6.92 Å². The number of primary amides is 1. The number of hydrogen-bond donors (Lipinski definition) is 9. The lowest BCUT2D eigenvalue weighted by molar-refractivity contribution is -0.141. The van der Waals surface area contributed by atoms with E-state index in [-0.39, 0.29) is 25.2 Å². The first-order valence-corrected chi connectivity index (χ1v) is 20.8. The highest BCUT2D eigenvalue weighted by atomic mass is 16.4. The van der Waals surface area contributed by atoms with Gasteiger partial charge in [0.1, 0.15) is 36.3 Å². The van der Waals surface area contributed by atoms with E-state index in [4.69, 9.17) is 5.73 Å². The minimum absolute atomic E-state index is 0.000373. The highest BCUT2D eigenvalue weighted by Crippen LogP contribution is 2.11. The second-order valence-electron chi connectivity index (χ2n) is 15.8. The molecule has 6 atom stereocenters. The molecule has 8 amide bonds. The molecule has 64 heavy (non-hydrogen) atoms. The van der Waals surface area contributed by atoms with Crippen molar-refractivity contribution >= 4 is 53.2 Å². The fourth-order valence-corrected chi connectivity index (χ4v) is 6.30. The van der Waals surface area contributed by atoms with Crippen LogP contribution in [0.2, 0.25) is 0 Å². The Morgan fingerprint density at radius 1 is 0.500 bits per heavy atom. The zero-order valence-electron chi connectivity index (χ0n) is 36.5. The molecule has 0 radical (unpaired) electrons. The van der Waals surface area contributed by atoms with Crippen molar-refractivity contribution in [3.63, 3.8) is 0 Å². The average Bonchev–Trinajstić information content (AvgIpc) is 3.25. The molecule has 0 fully saturated rings. The van der Waals surface area contributed by atoms with Crippen LogP contribution in [0.3, 0.4) is 0 Å². The van der Waals surface area contributed by atoms with Gasteiger partial charge in [0.15, 0.2) is 0 Å². The molecule has 0 saturated carbocycles. The lowest BCUT2D eigenvalue weighted by Gasteiger charge is -2.28. The second kappa shape index (κ2) is 25.5. The largest absolute Gasteiger partial charge is 0.480 e. The molecule has 18 nitrogen and oxygen atoms in total. The summed E-state index contributed by atoms with van der Waals surface area (Å²) in [5.41, 5.74) is 7.52. The smallest absolute Gasteiger partial charge is 0.326 e. The summed E-state index contributed by atoms with van der Waals surface area (Å²) in [6.45, 7) is 7.59. The van der Waals surface area contributed by atoms with Crippen molar-refractivity contribution in [1.82, 2.24) is 37.2 Å². The van der Waals surface area contributed by atoms with Crippen LogP contribution >= 0.6 is 0 Å². The lowest BCUT2D eigenvalue weighted by Crippen LogP contribution is -2.60. The van der Waals surface area contributed by atoms with Crippen molar-refractivity contribution in [2.24, 2.45) is 17.6 Å². The van der Waals surface area contributed by atoms with Crippen molar-refractivity contribution in [3.05, 3.63) is 120 Å².